The third-order valence-corrected chi connectivity index (χ3v) is 5.03. The summed E-state index contributed by atoms with van der Waals surface area (Å²) in [7, 11) is 0. The topological polar surface area (TPSA) is 72.9 Å². The first-order valence-corrected chi connectivity index (χ1v) is 9.27. The van der Waals surface area contributed by atoms with Crippen LogP contribution in [-0.2, 0) is 6.54 Å². The van der Waals surface area contributed by atoms with Crippen LogP contribution in [0.4, 0.5) is 0 Å². The van der Waals surface area contributed by atoms with E-state index in [-0.39, 0.29) is 0 Å². The Morgan fingerprint density at radius 3 is 2.22 bits per heavy atom. The van der Waals surface area contributed by atoms with Gasteiger partial charge in [-0.25, -0.2) is 0 Å². The van der Waals surface area contributed by atoms with Crippen LogP contribution < -0.4 is 0 Å². The number of fused-ring (bicyclic) bond motifs is 1. The number of hydrogen-bond donors (Lipinski definition) is 0. The van der Waals surface area contributed by atoms with Crippen LogP contribution in [-0.4, -0.2) is 43.2 Å². The van der Waals surface area contributed by atoms with Gasteiger partial charge in [-0.05, 0) is 37.1 Å². The van der Waals surface area contributed by atoms with E-state index in [1.165, 1.54) is 0 Å². The molecule has 3 heterocycles. The Bertz CT molecular complexity index is 1000. The van der Waals surface area contributed by atoms with Crippen LogP contribution in [0.1, 0.15) is 24.8 Å². The lowest BCUT2D eigenvalue weighted by Gasteiger charge is -2.30. The zero-order valence-corrected chi connectivity index (χ0v) is 14.9. The van der Waals surface area contributed by atoms with Crippen molar-refractivity contribution in [2.24, 2.45) is 0 Å². The van der Waals surface area contributed by atoms with E-state index in [2.05, 4.69) is 25.3 Å². The smallest absolute Gasteiger partial charge is 0.247 e. The Hall–Kier alpha value is -3.06. The molecule has 1 fully saturated rings. The maximum absolute atomic E-state index is 5.83. The molecule has 7 nitrogen and oxygen atoms in total. The summed E-state index contributed by atoms with van der Waals surface area (Å²) in [4.78, 5) is 4.24. The molecule has 0 spiro atoms. The molecule has 1 aliphatic rings. The molecular weight excluding hydrogens is 340 g/mol. The standard InChI is InChI=1S/C20H20N6O/c1-2-6-15(7-3-1)20-22-21-19(27-20)14-25-12-10-16(11-13-25)26-23-17-8-4-5-9-18(17)24-26/h1-9,16H,10-14H2. The molecule has 4 aromatic rings. The van der Waals surface area contributed by atoms with E-state index in [0.29, 0.717) is 24.4 Å². The van der Waals surface area contributed by atoms with Crippen molar-refractivity contribution < 1.29 is 4.42 Å². The first-order valence-electron chi connectivity index (χ1n) is 9.27. The number of piperidine rings is 1. The molecule has 0 radical (unpaired) electrons. The predicted octanol–water partition coefficient (Wildman–Crippen LogP) is 3.32. The second-order valence-electron chi connectivity index (χ2n) is 6.88. The summed E-state index contributed by atoms with van der Waals surface area (Å²) >= 11 is 0. The minimum absolute atomic E-state index is 0.344. The molecule has 1 aliphatic heterocycles. The van der Waals surface area contributed by atoms with Gasteiger partial charge in [0.15, 0.2) is 0 Å². The van der Waals surface area contributed by atoms with Gasteiger partial charge >= 0.3 is 0 Å². The van der Waals surface area contributed by atoms with Gasteiger partial charge in [0, 0.05) is 18.7 Å². The lowest BCUT2D eigenvalue weighted by molar-refractivity contribution is 0.154. The average molecular weight is 360 g/mol. The molecular formula is C20H20N6O. The molecule has 136 valence electrons. The molecule has 0 bridgehead atoms. The van der Waals surface area contributed by atoms with Gasteiger partial charge in [-0.15, -0.1) is 10.2 Å². The summed E-state index contributed by atoms with van der Waals surface area (Å²) in [6.45, 7) is 2.61. The Kier molecular flexibility index (Phi) is 4.14. The molecule has 0 unspecified atom stereocenters. The predicted molar refractivity (Wildman–Crippen MR) is 101 cm³/mol. The zero-order chi connectivity index (χ0) is 18.1. The van der Waals surface area contributed by atoms with Crippen LogP contribution in [0.3, 0.4) is 0 Å². The van der Waals surface area contributed by atoms with Crippen LogP contribution in [0, 0.1) is 0 Å². The van der Waals surface area contributed by atoms with E-state index in [9.17, 15) is 0 Å². The van der Waals surface area contributed by atoms with Crippen LogP contribution in [0.2, 0.25) is 0 Å². The van der Waals surface area contributed by atoms with Crippen molar-refractivity contribution in [3.05, 3.63) is 60.5 Å². The van der Waals surface area contributed by atoms with Gasteiger partial charge in [-0.2, -0.15) is 15.0 Å². The van der Waals surface area contributed by atoms with E-state index in [1.807, 2.05) is 59.4 Å². The molecule has 7 heteroatoms. The molecule has 0 aliphatic carbocycles. The lowest BCUT2D eigenvalue weighted by atomic mass is 10.1. The molecule has 5 rings (SSSR count). The van der Waals surface area contributed by atoms with Gasteiger partial charge in [-0.3, -0.25) is 4.90 Å². The van der Waals surface area contributed by atoms with E-state index in [1.54, 1.807) is 0 Å². The van der Waals surface area contributed by atoms with Gasteiger partial charge in [0.2, 0.25) is 11.8 Å². The quantitative estimate of drug-likeness (QED) is 0.556. The van der Waals surface area contributed by atoms with Gasteiger partial charge in [0.25, 0.3) is 0 Å². The second-order valence-corrected chi connectivity index (χ2v) is 6.88. The van der Waals surface area contributed by atoms with E-state index in [4.69, 9.17) is 4.42 Å². The first-order chi connectivity index (χ1) is 13.3. The number of benzene rings is 2. The van der Waals surface area contributed by atoms with Crippen molar-refractivity contribution in [2.75, 3.05) is 13.1 Å². The molecule has 1 saturated heterocycles. The van der Waals surface area contributed by atoms with Crippen LogP contribution in [0.5, 0.6) is 0 Å². The molecule has 0 saturated carbocycles. The monoisotopic (exact) mass is 360 g/mol. The van der Waals surface area contributed by atoms with Gasteiger partial charge in [0.1, 0.15) is 11.0 Å². The fraction of sp³-hybridized carbons (Fsp3) is 0.300. The zero-order valence-electron chi connectivity index (χ0n) is 14.9. The van der Waals surface area contributed by atoms with Gasteiger partial charge < -0.3 is 4.42 Å². The number of aromatic nitrogens is 5. The molecule has 0 atom stereocenters. The fourth-order valence-corrected chi connectivity index (χ4v) is 3.55. The van der Waals surface area contributed by atoms with Crippen molar-refractivity contribution >= 4 is 11.0 Å². The summed E-state index contributed by atoms with van der Waals surface area (Å²) in [5.41, 5.74) is 2.87. The highest BCUT2D eigenvalue weighted by Gasteiger charge is 2.23. The number of hydrogen-bond acceptors (Lipinski definition) is 6. The van der Waals surface area contributed by atoms with Crippen molar-refractivity contribution in [3.8, 4) is 11.5 Å². The van der Waals surface area contributed by atoms with Crippen molar-refractivity contribution in [2.45, 2.75) is 25.4 Å². The Balaban J connectivity index is 1.21. The van der Waals surface area contributed by atoms with Crippen molar-refractivity contribution in [3.63, 3.8) is 0 Å². The first kappa shape index (κ1) is 16.1. The van der Waals surface area contributed by atoms with Gasteiger partial charge in [0.05, 0.1) is 12.6 Å². The van der Waals surface area contributed by atoms with Crippen molar-refractivity contribution in [1.29, 1.82) is 0 Å². The Morgan fingerprint density at radius 1 is 0.852 bits per heavy atom. The molecule has 2 aromatic carbocycles. The molecule has 27 heavy (non-hydrogen) atoms. The summed E-state index contributed by atoms with van der Waals surface area (Å²) in [6.07, 6.45) is 2.03. The molecule has 0 amide bonds. The maximum Gasteiger partial charge on any atom is 0.247 e. The number of nitrogens with zero attached hydrogens (tertiary/aromatic N) is 6. The van der Waals surface area contributed by atoms with E-state index >= 15 is 0 Å². The minimum Gasteiger partial charge on any atom is -0.419 e. The van der Waals surface area contributed by atoms with E-state index < -0.39 is 0 Å². The number of likely N-dealkylation sites (tertiary alicyclic amines) is 1. The third kappa shape index (κ3) is 3.33. The highest BCUT2D eigenvalue weighted by atomic mass is 16.4. The van der Waals surface area contributed by atoms with Crippen LogP contribution in [0.25, 0.3) is 22.5 Å². The third-order valence-electron chi connectivity index (χ3n) is 5.03. The SMILES string of the molecule is c1ccc(-c2nnc(CN3CCC(n4nc5ccccc5n4)CC3)o2)cc1. The van der Waals surface area contributed by atoms with Crippen LogP contribution in [0.15, 0.2) is 59.0 Å². The summed E-state index contributed by atoms with van der Waals surface area (Å²) in [6, 6.07) is 18.2. The molecule has 0 N–H and O–H groups in total. The Morgan fingerprint density at radius 2 is 1.52 bits per heavy atom. The average Bonchev–Trinajstić information content (AvgIpc) is 3.36. The highest BCUT2D eigenvalue weighted by Crippen LogP contribution is 2.24. The maximum atomic E-state index is 5.83. The summed E-state index contributed by atoms with van der Waals surface area (Å²) < 4.78 is 5.83. The van der Waals surface area contributed by atoms with Crippen molar-refractivity contribution in [1.82, 2.24) is 30.1 Å². The molecule has 2 aromatic heterocycles. The summed E-state index contributed by atoms with van der Waals surface area (Å²) in [5, 5.41) is 17.6. The largest absolute Gasteiger partial charge is 0.419 e. The van der Waals surface area contributed by atoms with E-state index in [0.717, 1.165) is 42.5 Å². The second kappa shape index (κ2) is 6.92. The van der Waals surface area contributed by atoms with Crippen LogP contribution >= 0.6 is 0 Å². The minimum atomic E-state index is 0.344. The lowest BCUT2D eigenvalue weighted by Crippen LogP contribution is -2.34. The fourth-order valence-electron chi connectivity index (χ4n) is 3.55. The number of rotatable bonds is 4. The normalized spacial score (nSPS) is 16.1. The Labute approximate surface area is 156 Å². The van der Waals surface area contributed by atoms with Gasteiger partial charge in [-0.1, -0.05) is 30.3 Å². The highest BCUT2D eigenvalue weighted by molar-refractivity contribution is 5.72. The summed E-state index contributed by atoms with van der Waals surface area (Å²) in [5.74, 6) is 1.24.